The van der Waals surface area contributed by atoms with Crippen molar-refractivity contribution in [3.8, 4) is 5.75 Å². The second-order valence-electron chi connectivity index (χ2n) is 12.6. The maximum absolute atomic E-state index is 13.9. The van der Waals surface area contributed by atoms with Gasteiger partial charge in [0.15, 0.2) is 17.7 Å². The lowest BCUT2D eigenvalue weighted by Crippen LogP contribution is -2.64. The number of phenols is 1. The molecular weight excluding hydrogens is 596 g/mol. The molecule has 1 amide bonds. The van der Waals surface area contributed by atoms with Gasteiger partial charge in [-0.15, -0.1) is 0 Å². The molecule has 10 atom stereocenters. The number of fused-ring (bicyclic) bond motifs is 3. The van der Waals surface area contributed by atoms with Crippen LogP contribution >= 0.6 is 0 Å². The van der Waals surface area contributed by atoms with Gasteiger partial charge < -0.3 is 56.0 Å². The molecule has 4 aliphatic rings. The summed E-state index contributed by atoms with van der Waals surface area (Å²) >= 11 is 0. The van der Waals surface area contributed by atoms with Crippen molar-refractivity contribution in [3.05, 3.63) is 52.0 Å². The number of aliphatic hydroxyl groups excluding tert-OH is 6. The Labute approximate surface area is 257 Å². The zero-order chi connectivity index (χ0) is 33.3. The van der Waals surface area contributed by atoms with Gasteiger partial charge in [0.05, 0.1) is 30.5 Å². The Kier molecular flexibility index (Phi) is 8.38. The van der Waals surface area contributed by atoms with Crippen molar-refractivity contribution in [2.24, 2.45) is 23.7 Å². The van der Waals surface area contributed by atoms with Crippen molar-refractivity contribution < 1.29 is 65.1 Å². The topological polar surface area (TPSA) is 267 Å². The molecule has 5 unspecified atom stereocenters. The van der Waals surface area contributed by atoms with E-state index < -0.39 is 125 Å². The number of carbonyl (C=O) groups excluding carboxylic acids is 3. The van der Waals surface area contributed by atoms with Crippen molar-refractivity contribution in [1.29, 1.82) is 0 Å². The van der Waals surface area contributed by atoms with Crippen LogP contribution in [0, 0.1) is 23.7 Å². The van der Waals surface area contributed by atoms with Crippen LogP contribution < -0.4 is 10.6 Å². The molecule has 1 heterocycles. The highest BCUT2D eigenvalue weighted by Crippen LogP contribution is 2.58. The van der Waals surface area contributed by atoms with Crippen molar-refractivity contribution in [2.45, 2.75) is 69.0 Å². The molecule has 0 saturated carbocycles. The van der Waals surface area contributed by atoms with Crippen molar-refractivity contribution in [2.75, 3.05) is 13.3 Å². The fourth-order valence-corrected chi connectivity index (χ4v) is 7.39. The monoisotopic (exact) mass is 634 g/mol. The van der Waals surface area contributed by atoms with Crippen LogP contribution in [0.15, 0.2) is 40.9 Å². The summed E-state index contributed by atoms with van der Waals surface area (Å²) in [7, 11) is 0. The quantitative estimate of drug-likeness (QED) is 0.121. The number of Topliss-reactive ketones (excluding diaryl/α,β-unsaturated/α-hetero) is 2. The van der Waals surface area contributed by atoms with Gasteiger partial charge in [-0.2, -0.15) is 0 Å². The molecule has 0 bridgehead atoms. The Morgan fingerprint density at radius 2 is 1.76 bits per heavy atom. The van der Waals surface area contributed by atoms with Crippen LogP contribution in [0.3, 0.4) is 0 Å². The number of amides is 1. The van der Waals surface area contributed by atoms with E-state index in [0.717, 1.165) is 0 Å². The second kappa shape index (κ2) is 11.4. The molecule has 45 heavy (non-hydrogen) atoms. The van der Waals surface area contributed by atoms with E-state index >= 15 is 0 Å². The third-order valence-corrected chi connectivity index (χ3v) is 9.74. The molecule has 15 nitrogen and oxygen atoms in total. The molecule has 1 aliphatic heterocycles. The molecule has 11 N–H and O–H groups in total. The highest BCUT2D eigenvalue weighted by molar-refractivity contribution is 6.25. The van der Waals surface area contributed by atoms with E-state index in [1.54, 1.807) is 13.8 Å². The highest BCUT2D eigenvalue weighted by atomic mass is 16.6. The number of ketones is 2. The van der Waals surface area contributed by atoms with Crippen LogP contribution in [0.25, 0.3) is 0 Å². The number of phenolic OH excluding ortho intramolecular Hbond substituents is 1. The first-order valence-electron chi connectivity index (χ1n) is 14.6. The smallest absolute Gasteiger partial charge is 0.259 e. The van der Waals surface area contributed by atoms with Gasteiger partial charge in [-0.1, -0.05) is 26.0 Å². The number of benzene rings is 1. The lowest BCUT2D eigenvalue weighted by atomic mass is 9.53. The number of nitrogens with one attached hydrogen (secondary N) is 2. The predicted molar refractivity (Wildman–Crippen MR) is 151 cm³/mol. The number of hydrogen-bond donors (Lipinski definition) is 11. The fourth-order valence-electron chi connectivity index (χ4n) is 7.39. The summed E-state index contributed by atoms with van der Waals surface area (Å²) in [5, 5.41) is 102. The Hall–Kier alpha value is -3.41. The fraction of sp³-hybridized carbons (Fsp3) is 0.567. The van der Waals surface area contributed by atoms with Gasteiger partial charge >= 0.3 is 0 Å². The molecule has 5 rings (SSSR count). The zero-order valence-corrected chi connectivity index (χ0v) is 24.7. The third kappa shape index (κ3) is 4.77. The molecular formula is C30H38N2O13. The SMILES string of the molecule is CC(C)C1C(O)=C(C(=O)NCN[C@H]2[C@H](O)[C@@H](O)[C@H](CO)O[C@H]2O)C(=O)C2(O)C(O)=C3C(=O)c4c(O)cccc4C(C)(O)C3CC12. The molecule has 1 fully saturated rings. The summed E-state index contributed by atoms with van der Waals surface area (Å²) < 4.78 is 5.05. The molecule has 1 saturated heterocycles. The molecule has 15 heteroatoms. The first kappa shape index (κ1) is 33.0. The van der Waals surface area contributed by atoms with Crippen LogP contribution in [0.1, 0.15) is 43.1 Å². The maximum Gasteiger partial charge on any atom is 0.259 e. The number of hydrogen-bond acceptors (Lipinski definition) is 14. The molecule has 1 aromatic rings. The Bertz CT molecular complexity index is 1490. The highest BCUT2D eigenvalue weighted by Gasteiger charge is 2.65. The first-order valence-corrected chi connectivity index (χ1v) is 14.6. The summed E-state index contributed by atoms with van der Waals surface area (Å²) in [4.78, 5) is 40.9. The van der Waals surface area contributed by atoms with E-state index in [1.165, 1.54) is 25.1 Å². The Balaban J connectivity index is 1.49. The standard InChI is InChI=1S/C30H38N2O13/c1-10(2)16-13-7-12-18(23(37)17-11(29(12,3)43)5-4-6-14(17)34)25(39)30(13,44)26(40)19(22(16)36)27(41)32-9-31-20-24(38)21(35)15(8-33)45-28(20)42/h4-6,10,12-13,15-16,20-21,24,28,31,33-36,38-39,42-44H,7-9H2,1-3H3,(H,32,41)/t12?,13?,15-,16?,20-,21-,24-,28+,29?,30?/m0/s1. The Morgan fingerprint density at radius 3 is 2.38 bits per heavy atom. The normalized spacial score (nSPS) is 38.2. The number of rotatable bonds is 6. The molecule has 3 aliphatic carbocycles. The van der Waals surface area contributed by atoms with Crippen molar-refractivity contribution >= 4 is 17.5 Å². The number of allylic oxidation sites excluding steroid dienone is 1. The molecule has 246 valence electrons. The lowest BCUT2D eigenvalue weighted by Gasteiger charge is -2.52. The number of ether oxygens (including phenoxy) is 1. The number of aromatic hydroxyl groups is 1. The summed E-state index contributed by atoms with van der Waals surface area (Å²) in [6, 6.07) is 2.75. The van der Waals surface area contributed by atoms with Crippen molar-refractivity contribution in [1.82, 2.24) is 10.6 Å². The minimum absolute atomic E-state index is 0.0908. The molecule has 1 aromatic carbocycles. The van der Waals surface area contributed by atoms with Gasteiger partial charge in [0.2, 0.25) is 5.78 Å². The third-order valence-electron chi connectivity index (χ3n) is 9.74. The minimum atomic E-state index is -2.87. The minimum Gasteiger partial charge on any atom is -0.511 e. The summed E-state index contributed by atoms with van der Waals surface area (Å²) in [6.45, 7) is 3.44. The average Bonchev–Trinajstić information content (AvgIpc) is 2.97. The van der Waals surface area contributed by atoms with Gasteiger partial charge in [0.1, 0.15) is 41.2 Å². The van der Waals surface area contributed by atoms with Gasteiger partial charge in [-0.3, -0.25) is 19.7 Å². The van der Waals surface area contributed by atoms with Crippen LogP contribution in [0.2, 0.25) is 0 Å². The van der Waals surface area contributed by atoms with Gasteiger partial charge in [0.25, 0.3) is 5.91 Å². The van der Waals surface area contributed by atoms with E-state index in [2.05, 4.69) is 10.6 Å². The predicted octanol–water partition coefficient (Wildman–Crippen LogP) is -1.89. The van der Waals surface area contributed by atoms with Crippen LogP contribution in [0.4, 0.5) is 0 Å². The number of aliphatic hydroxyl groups is 8. The first-order chi connectivity index (χ1) is 21.0. The van der Waals surface area contributed by atoms with E-state index in [9.17, 15) is 60.3 Å². The van der Waals surface area contributed by atoms with Gasteiger partial charge in [0, 0.05) is 23.3 Å². The van der Waals surface area contributed by atoms with E-state index in [1.807, 2.05) is 0 Å². The van der Waals surface area contributed by atoms with Crippen LogP contribution in [-0.2, 0) is 19.9 Å². The molecule has 0 spiro atoms. The van der Waals surface area contributed by atoms with Gasteiger partial charge in [-0.05, 0) is 30.9 Å². The van der Waals surface area contributed by atoms with Crippen LogP contribution in [-0.4, -0.2) is 113 Å². The average molecular weight is 635 g/mol. The molecule has 0 aromatic heterocycles. The maximum atomic E-state index is 13.9. The zero-order valence-electron chi connectivity index (χ0n) is 24.7. The lowest BCUT2D eigenvalue weighted by molar-refractivity contribution is -0.254. The molecule has 0 radical (unpaired) electrons. The van der Waals surface area contributed by atoms with Crippen LogP contribution in [0.5, 0.6) is 5.75 Å². The summed E-state index contributed by atoms with van der Waals surface area (Å²) in [6.07, 6.45) is -6.44. The van der Waals surface area contributed by atoms with E-state index in [4.69, 9.17) is 4.74 Å². The van der Waals surface area contributed by atoms with E-state index in [0.29, 0.717) is 0 Å². The van der Waals surface area contributed by atoms with Gasteiger partial charge in [-0.25, -0.2) is 0 Å². The summed E-state index contributed by atoms with van der Waals surface area (Å²) in [5.74, 6) is -9.85. The van der Waals surface area contributed by atoms with E-state index in [-0.39, 0.29) is 17.5 Å². The largest absolute Gasteiger partial charge is 0.511 e. The number of carbonyl (C=O) groups is 3. The van der Waals surface area contributed by atoms with Crippen molar-refractivity contribution in [3.63, 3.8) is 0 Å². The summed E-state index contributed by atoms with van der Waals surface area (Å²) in [5.41, 5.74) is -6.32. The Morgan fingerprint density at radius 1 is 1.09 bits per heavy atom. The second-order valence-corrected chi connectivity index (χ2v) is 12.6.